The average molecular weight is 379 g/mol. The molecule has 0 saturated heterocycles. The number of thioether (sulfide) groups is 1. The molecule has 0 spiro atoms. The molecule has 2 aromatic rings. The highest BCUT2D eigenvalue weighted by molar-refractivity contribution is 7.99. The van der Waals surface area contributed by atoms with E-state index in [-0.39, 0.29) is 5.91 Å². The van der Waals surface area contributed by atoms with E-state index < -0.39 is 0 Å². The first-order chi connectivity index (χ1) is 12.1. The first-order valence-corrected chi connectivity index (χ1v) is 9.97. The van der Waals surface area contributed by atoms with Gasteiger partial charge in [0.1, 0.15) is 0 Å². The molecule has 0 unspecified atom stereocenters. The van der Waals surface area contributed by atoms with Crippen molar-refractivity contribution in [2.45, 2.75) is 43.3 Å². The molecule has 0 bridgehead atoms. The predicted octanol–water partition coefficient (Wildman–Crippen LogP) is 4.02. The second-order valence-corrected chi connectivity index (χ2v) is 7.78. The summed E-state index contributed by atoms with van der Waals surface area (Å²) >= 11 is 7.67. The number of amides is 1. The molecule has 1 aliphatic carbocycles. The Hall–Kier alpha value is -1.53. The molecule has 0 N–H and O–H groups in total. The quantitative estimate of drug-likeness (QED) is 0.737. The Balaban J connectivity index is 1.64. The Morgan fingerprint density at radius 3 is 2.72 bits per heavy atom. The van der Waals surface area contributed by atoms with Crippen molar-refractivity contribution in [1.29, 1.82) is 0 Å². The molecule has 1 aromatic carbocycles. The van der Waals surface area contributed by atoms with Crippen molar-refractivity contribution in [2.75, 3.05) is 12.8 Å². The van der Waals surface area contributed by atoms with Gasteiger partial charge >= 0.3 is 0 Å². The Morgan fingerprint density at radius 2 is 2.00 bits per heavy atom. The van der Waals surface area contributed by atoms with Crippen molar-refractivity contribution in [3.8, 4) is 11.4 Å². The number of benzene rings is 1. The molecule has 0 atom stereocenters. The van der Waals surface area contributed by atoms with Crippen molar-refractivity contribution in [3.05, 3.63) is 29.3 Å². The van der Waals surface area contributed by atoms with Crippen LogP contribution in [-0.2, 0) is 11.8 Å². The maximum Gasteiger partial charge on any atom is 0.233 e. The average Bonchev–Trinajstić information content (AvgIpc) is 3.00. The number of carbonyl (C=O) groups excluding carboxylic acids is 1. The van der Waals surface area contributed by atoms with Crippen molar-refractivity contribution in [2.24, 2.45) is 7.05 Å². The van der Waals surface area contributed by atoms with Gasteiger partial charge in [0, 0.05) is 25.7 Å². The lowest BCUT2D eigenvalue weighted by Gasteiger charge is -2.31. The molecule has 25 heavy (non-hydrogen) atoms. The van der Waals surface area contributed by atoms with E-state index in [0.29, 0.717) is 22.6 Å². The van der Waals surface area contributed by atoms with Crippen molar-refractivity contribution in [1.82, 2.24) is 19.7 Å². The second-order valence-electron chi connectivity index (χ2n) is 6.43. The number of carbonyl (C=O) groups is 1. The maximum absolute atomic E-state index is 12.5. The summed E-state index contributed by atoms with van der Waals surface area (Å²) in [6.07, 6.45) is 5.97. The van der Waals surface area contributed by atoms with Gasteiger partial charge < -0.3 is 9.47 Å². The first-order valence-electron chi connectivity index (χ1n) is 8.60. The number of halogens is 1. The van der Waals surface area contributed by atoms with E-state index in [4.69, 9.17) is 11.6 Å². The van der Waals surface area contributed by atoms with E-state index in [2.05, 4.69) is 10.2 Å². The Bertz CT molecular complexity index is 742. The zero-order chi connectivity index (χ0) is 17.8. The van der Waals surface area contributed by atoms with Crippen LogP contribution < -0.4 is 0 Å². The fourth-order valence-electron chi connectivity index (χ4n) is 3.22. The van der Waals surface area contributed by atoms with Gasteiger partial charge in [-0.3, -0.25) is 4.79 Å². The molecule has 1 aromatic heterocycles. The molecule has 3 rings (SSSR count). The van der Waals surface area contributed by atoms with Gasteiger partial charge in [-0.15, -0.1) is 10.2 Å². The van der Waals surface area contributed by atoms with Crippen LogP contribution in [0.2, 0.25) is 5.02 Å². The molecular formula is C18H23ClN4OS. The van der Waals surface area contributed by atoms with Crippen LogP contribution in [0.3, 0.4) is 0 Å². The van der Waals surface area contributed by atoms with Crippen molar-refractivity contribution >= 4 is 29.3 Å². The molecule has 7 heteroatoms. The Labute approximate surface area is 157 Å². The van der Waals surface area contributed by atoms with Gasteiger partial charge in [-0.25, -0.2) is 0 Å². The van der Waals surface area contributed by atoms with Crippen LogP contribution in [0, 0.1) is 0 Å². The molecule has 134 valence electrons. The molecule has 1 fully saturated rings. The first kappa shape index (κ1) is 18.3. The van der Waals surface area contributed by atoms with Gasteiger partial charge in [0.25, 0.3) is 0 Å². The summed E-state index contributed by atoms with van der Waals surface area (Å²) in [5, 5.41) is 9.83. The summed E-state index contributed by atoms with van der Waals surface area (Å²) in [7, 11) is 3.82. The predicted molar refractivity (Wildman–Crippen MR) is 102 cm³/mol. The van der Waals surface area contributed by atoms with Gasteiger partial charge in [-0.2, -0.15) is 0 Å². The normalized spacial score (nSPS) is 15.3. The number of hydrogen-bond acceptors (Lipinski definition) is 4. The summed E-state index contributed by atoms with van der Waals surface area (Å²) in [5.74, 6) is 1.24. The van der Waals surface area contributed by atoms with Crippen molar-refractivity contribution < 1.29 is 4.79 Å². The molecule has 0 aliphatic heterocycles. The van der Waals surface area contributed by atoms with E-state index in [1.54, 1.807) is 0 Å². The zero-order valence-corrected chi connectivity index (χ0v) is 16.2. The smallest absolute Gasteiger partial charge is 0.233 e. The number of rotatable bonds is 5. The van der Waals surface area contributed by atoms with Crippen LogP contribution >= 0.6 is 23.4 Å². The van der Waals surface area contributed by atoms with Crippen LogP contribution in [-0.4, -0.2) is 44.4 Å². The zero-order valence-electron chi connectivity index (χ0n) is 14.6. The lowest BCUT2D eigenvalue weighted by Crippen LogP contribution is -2.39. The minimum atomic E-state index is 0.152. The van der Waals surface area contributed by atoms with E-state index in [1.165, 1.54) is 31.0 Å². The minimum Gasteiger partial charge on any atom is -0.342 e. The van der Waals surface area contributed by atoms with E-state index >= 15 is 0 Å². The molecule has 1 saturated carbocycles. The highest BCUT2D eigenvalue weighted by Crippen LogP contribution is 2.28. The summed E-state index contributed by atoms with van der Waals surface area (Å²) in [4.78, 5) is 14.4. The van der Waals surface area contributed by atoms with Crippen LogP contribution in [0.25, 0.3) is 11.4 Å². The standard InChI is InChI=1S/C18H23ClN4OS/c1-22(13-8-4-3-5-9-13)16(24)12-25-18-21-20-17(23(18)2)14-10-6-7-11-15(14)19/h6-7,10-11,13H,3-5,8-9,12H2,1-2H3. The molecule has 1 heterocycles. The summed E-state index contributed by atoms with van der Waals surface area (Å²) in [5.41, 5.74) is 0.844. The molecular weight excluding hydrogens is 356 g/mol. The minimum absolute atomic E-state index is 0.152. The second kappa shape index (κ2) is 8.23. The van der Waals surface area contributed by atoms with E-state index in [1.807, 2.05) is 47.8 Å². The number of aromatic nitrogens is 3. The molecule has 1 amide bonds. The molecule has 5 nitrogen and oxygen atoms in total. The van der Waals surface area contributed by atoms with Gasteiger partial charge in [0.2, 0.25) is 5.91 Å². The largest absolute Gasteiger partial charge is 0.342 e. The number of hydrogen-bond donors (Lipinski definition) is 0. The fraction of sp³-hybridized carbons (Fsp3) is 0.500. The topological polar surface area (TPSA) is 51.0 Å². The van der Waals surface area contributed by atoms with Crippen LogP contribution in [0.1, 0.15) is 32.1 Å². The van der Waals surface area contributed by atoms with Crippen LogP contribution in [0.4, 0.5) is 0 Å². The van der Waals surface area contributed by atoms with Gasteiger partial charge in [-0.05, 0) is 25.0 Å². The Morgan fingerprint density at radius 1 is 1.28 bits per heavy atom. The molecule has 0 radical (unpaired) electrons. The monoisotopic (exact) mass is 378 g/mol. The van der Waals surface area contributed by atoms with Crippen LogP contribution in [0.5, 0.6) is 0 Å². The lowest BCUT2D eigenvalue weighted by atomic mass is 9.94. The number of nitrogens with zero attached hydrogens (tertiary/aromatic N) is 4. The van der Waals surface area contributed by atoms with E-state index in [9.17, 15) is 4.79 Å². The third-order valence-corrected chi connectivity index (χ3v) is 6.12. The van der Waals surface area contributed by atoms with Gasteiger partial charge in [0.05, 0.1) is 10.8 Å². The van der Waals surface area contributed by atoms with E-state index in [0.717, 1.165) is 23.6 Å². The SMILES string of the molecule is CN(C(=O)CSc1nnc(-c2ccccc2Cl)n1C)C1CCCCC1. The Kier molecular flexibility index (Phi) is 6.02. The summed E-state index contributed by atoms with van der Waals surface area (Å²) < 4.78 is 1.89. The lowest BCUT2D eigenvalue weighted by molar-refractivity contribution is -0.129. The van der Waals surface area contributed by atoms with Crippen molar-refractivity contribution in [3.63, 3.8) is 0 Å². The van der Waals surface area contributed by atoms with Gasteiger partial charge in [0.15, 0.2) is 11.0 Å². The van der Waals surface area contributed by atoms with Gasteiger partial charge in [-0.1, -0.05) is 54.8 Å². The highest BCUT2D eigenvalue weighted by Gasteiger charge is 2.23. The fourth-order valence-corrected chi connectivity index (χ4v) is 4.27. The molecule has 1 aliphatic rings. The maximum atomic E-state index is 12.5. The van der Waals surface area contributed by atoms with Crippen LogP contribution in [0.15, 0.2) is 29.4 Å². The highest BCUT2D eigenvalue weighted by atomic mass is 35.5. The summed E-state index contributed by atoms with van der Waals surface area (Å²) in [6.45, 7) is 0. The summed E-state index contributed by atoms with van der Waals surface area (Å²) in [6, 6.07) is 7.95. The third-order valence-electron chi connectivity index (χ3n) is 4.79. The third kappa shape index (κ3) is 4.18.